The Morgan fingerprint density at radius 1 is 1.25 bits per heavy atom. The van der Waals surface area contributed by atoms with E-state index in [-0.39, 0.29) is 0 Å². The summed E-state index contributed by atoms with van der Waals surface area (Å²) in [7, 11) is 0. The minimum atomic E-state index is 0.752. The zero-order chi connectivity index (χ0) is 11.4. The Balaban J connectivity index is 1.80. The van der Waals surface area contributed by atoms with Crippen LogP contribution < -0.4 is 0 Å². The molecule has 0 saturated carbocycles. The summed E-state index contributed by atoms with van der Waals surface area (Å²) in [6.07, 6.45) is 4.91. The van der Waals surface area contributed by atoms with E-state index in [2.05, 4.69) is 12.1 Å². The molecule has 0 bridgehead atoms. The van der Waals surface area contributed by atoms with E-state index in [1.165, 1.54) is 24.8 Å². The molecule has 0 N–H and O–H groups in total. The largest absolute Gasteiger partial charge is 0.220 e. The van der Waals surface area contributed by atoms with E-state index in [4.69, 9.17) is 23.4 Å². The average molecular weight is 258 g/mol. The van der Waals surface area contributed by atoms with E-state index >= 15 is 0 Å². The molecule has 2 rings (SSSR count). The summed E-state index contributed by atoms with van der Waals surface area (Å²) < 4.78 is 1.93. The van der Waals surface area contributed by atoms with Crippen molar-refractivity contribution in [1.82, 2.24) is 4.42 Å². The van der Waals surface area contributed by atoms with Crippen molar-refractivity contribution in [3.05, 3.63) is 34.9 Å². The summed E-state index contributed by atoms with van der Waals surface area (Å²) in [6.45, 7) is 2.08. The van der Waals surface area contributed by atoms with Gasteiger partial charge in [0.1, 0.15) is 0 Å². The lowest BCUT2D eigenvalue weighted by Gasteiger charge is -2.27. The number of aryl methyl sites for hydroxylation is 1. The molecule has 16 heavy (non-hydrogen) atoms. The standard InChI is InChI=1S/C13H17Cl2N/c14-13-7-5-11(6-8-13)3-4-12-2-1-9-16(15)10-12/h5-8,12H,1-4,9-10H2/t12-/m0/s1. The third kappa shape index (κ3) is 3.65. The second kappa shape index (κ2) is 5.90. The molecule has 1 atom stereocenters. The summed E-state index contributed by atoms with van der Waals surface area (Å²) in [6, 6.07) is 8.16. The van der Waals surface area contributed by atoms with Crippen molar-refractivity contribution >= 4 is 23.4 Å². The molecule has 1 heterocycles. The van der Waals surface area contributed by atoms with Gasteiger partial charge in [0.05, 0.1) is 0 Å². The normalized spacial score (nSPS) is 22.2. The molecule has 1 aromatic rings. The summed E-state index contributed by atoms with van der Waals surface area (Å²) >= 11 is 11.9. The van der Waals surface area contributed by atoms with Crippen LogP contribution in [0.1, 0.15) is 24.8 Å². The van der Waals surface area contributed by atoms with Crippen molar-refractivity contribution in [3.8, 4) is 0 Å². The van der Waals surface area contributed by atoms with Crippen molar-refractivity contribution in [3.63, 3.8) is 0 Å². The van der Waals surface area contributed by atoms with Crippen molar-refractivity contribution in [2.45, 2.75) is 25.7 Å². The number of nitrogens with zero attached hydrogens (tertiary/aromatic N) is 1. The molecule has 88 valence electrons. The number of benzene rings is 1. The molecular weight excluding hydrogens is 241 g/mol. The molecule has 0 amide bonds. The lowest BCUT2D eigenvalue weighted by Crippen LogP contribution is -2.28. The third-order valence-corrected chi connectivity index (χ3v) is 3.78. The molecule has 1 saturated heterocycles. The molecule has 1 aromatic carbocycles. The lowest BCUT2D eigenvalue weighted by molar-refractivity contribution is 0.265. The van der Waals surface area contributed by atoms with Crippen LogP contribution in [0.4, 0.5) is 0 Å². The highest BCUT2D eigenvalue weighted by atomic mass is 35.5. The van der Waals surface area contributed by atoms with Gasteiger partial charge in [-0.25, -0.2) is 4.42 Å². The SMILES string of the molecule is Clc1ccc(CC[C@@H]2CCCN(Cl)C2)cc1. The molecule has 0 unspecified atom stereocenters. The van der Waals surface area contributed by atoms with Gasteiger partial charge in [0.15, 0.2) is 0 Å². The Morgan fingerprint density at radius 3 is 2.69 bits per heavy atom. The highest BCUT2D eigenvalue weighted by molar-refractivity contribution is 6.30. The van der Waals surface area contributed by atoms with E-state index in [0.29, 0.717) is 0 Å². The average Bonchev–Trinajstić information content (AvgIpc) is 2.28. The first-order chi connectivity index (χ1) is 7.74. The van der Waals surface area contributed by atoms with Gasteiger partial charge in [0.25, 0.3) is 0 Å². The van der Waals surface area contributed by atoms with E-state index in [0.717, 1.165) is 30.5 Å². The van der Waals surface area contributed by atoms with Gasteiger partial charge in [-0.15, -0.1) is 0 Å². The minimum Gasteiger partial charge on any atom is -0.220 e. The summed E-state index contributed by atoms with van der Waals surface area (Å²) in [5.41, 5.74) is 1.37. The van der Waals surface area contributed by atoms with Crippen LogP contribution in [0.15, 0.2) is 24.3 Å². The van der Waals surface area contributed by atoms with Crippen LogP contribution in [-0.4, -0.2) is 17.5 Å². The highest BCUT2D eigenvalue weighted by Gasteiger charge is 2.17. The Morgan fingerprint density at radius 2 is 2.00 bits per heavy atom. The zero-order valence-electron chi connectivity index (χ0n) is 9.33. The van der Waals surface area contributed by atoms with E-state index in [1.807, 2.05) is 16.6 Å². The molecule has 0 spiro atoms. The topological polar surface area (TPSA) is 3.24 Å². The van der Waals surface area contributed by atoms with Crippen LogP contribution in [-0.2, 0) is 6.42 Å². The number of rotatable bonds is 3. The number of piperidine rings is 1. The smallest absolute Gasteiger partial charge is 0.0406 e. The van der Waals surface area contributed by atoms with Crippen LogP contribution in [0.25, 0.3) is 0 Å². The maximum atomic E-state index is 6.03. The molecule has 1 fully saturated rings. The third-order valence-electron chi connectivity index (χ3n) is 3.22. The van der Waals surface area contributed by atoms with Gasteiger partial charge in [-0.3, -0.25) is 0 Å². The Labute approximate surface area is 107 Å². The quantitative estimate of drug-likeness (QED) is 0.736. The Bertz CT molecular complexity index is 323. The molecule has 3 heteroatoms. The number of hydrogen-bond donors (Lipinski definition) is 0. The maximum Gasteiger partial charge on any atom is 0.0406 e. The fraction of sp³-hybridized carbons (Fsp3) is 0.538. The van der Waals surface area contributed by atoms with Gasteiger partial charge < -0.3 is 0 Å². The minimum absolute atomic E-state index is 0.752. The molecule has 0 aliphatic carbocycles. The maximum absolute atomic E-state index is 6.03. The van der Waals surface area contributed by atoms with Gasteiger partial charge in [-0.2, -0.15) is 0 Å². The van der Waals surface area contributed by atoms with Crippen molar-refractivity contribution in [1.29, 1.82) is 0 Å². The zero-order valence-corrected chi connectivity index (χ0v) is 10.8. The Hall–Kier alpha value is -0.240. The predicted octanol–water partition coefficient (Wildman–Crippen LogP) is 4.14. The fourth-order valence-electron chi connectivity index (χ4n) is 2.27. The lowest BCUT2D eigenvalue weighted by atomic mass is 9.93. The highest BCUT2D eigenvalue weighted by Crippen LogP contribution is 2.22. The Kier molecular flexibility index (Phi) is 4.51. The first-order valence-corrected chi connectivity index (χ1v) is 6.61. The second-order valence-corrected chi connectivity index (χ2v) is 5.46. The summed E-state index contributed by atoms with van der Waals surface area (Å²) in [4.78, 5) is 0. The van der Waals surface area contributed by atoms with Gasteiger partial charge in [0.2, 0.25) is 0 Å². The van der Waals surface area contributed by atoms with Crippen molar-refractivity contribution in [2.75, 3.05) is 13.1 Å². The first-order valence-electron chi connectivity index (χ1n) is 5.89. The van der Waals surface area contributed by atoms with E-state index < -0.39 is 0 Å². The number of hydrogen-bond acceptors (Lipinski definition) is 1. The van der Waals surface area contributed by atoms with Crippen LogP contribution in [0.3, 0.4) is 0 Å². The van der Waals surface area contributed by atoms with Crippen LogP contribution in [0.5, 0.6) is 0 Å². The van der Waals surface area contributed by atoms with Crippen molar-refractivity contribution < 1.29 is 0 Å². The summed E-state index contributed by atoms with van der Waals surface area (Å²) in [5.74, 6) is 0.752. The molecule has 0 radical (unpaired) electrons. The van der Waals surface area contributed by atoms with E-state index in [9.17, 15) is 0 Å². The van der Waals surface area contributed by atoms with Gasteiger partial charge >= 0.3 is 0 Å². The molecule has 1 nitrogen and oxygen atoms in total. The van der Waals surface area contributed by atoms with Crippen molar-refractivity contribution in [2.24, 2.45) is 5.92 Å². The van der Waals surface area contributed by atoms with Crippen LogP contribution in [0.2, 0.25) is 5.02 Å². The molecule has 1 aliphatic heterocycles. The summed E-state index contributed by atoms with van der Waals surface area (Å²) in [5, 5.41) is 0.813. The van der Waals surface area contributed by atoms with Gasteiger partial charge in [-0.05, 0) is 61.1 Å². The second-order valence-electron chi connectivity index (χ2n) is 4.54. The van der Waals surface area contributed by atoms with Gasteiger partial charge in [0, 0.05) is 18.1 Å². The fourth-order valence-corrected chi connectivity index (χ4v) is 2.71. The molecule has 1 aliphatic rings. The van der Waals surface area contributed by atoms with Gasteiger partial charge in [-0.1, -0.05) is 23.7 Å². The van der Waals surface area contributed by atoms with E-state index in [1.54, 1.807) is 0 Å². The number of halogens is 2. The predicted molar refractivity (Wildman–Crippen MR) is 69.9 cm³/mol. The molecular formula is C13H17Cl2N. The molecule has 0 aromatic heterocycles. The monoisotopic (exact) mass is 257 g/mol. The van der Waals surface area contributed by atoms with Crippen LogP contribution in [0, 0.1) is 5.92 Å². The first kappa shape index (κ1) is 12.2. The van der Waals surface area contributed by atoms with Crippen LogP contribution >= 0.6 is 23.4 Å².